The molecule has 0 spiro atoms. The van der Waals surface area contributed by atoms with Crippen molar-refractivity contribution in [1.29, 1.82) is 0 Å². The minimum Gasteiger partial charge on any atom is -0.456 e. The van der Waals surface area contributed by atoms with E-state index < -0.39 is 0 Å². The predicted molar refractivity (Wildman–Crippen MR) is 217 cm³/mol. The average molecular weight is 682 g/mol. The van der Waals surface area contributed by atoms with Crippen LogP contribution in [0.2, 0.25) is 0 Å². The Morgan fingerprint density at radius 2 is 1.13 bits per heavy atom. The molecule has 0 saturated heterocycles. The van der Waals surface area contributed by atoms with Crippen LogP contribution < -0.4 is 0 Å². The third kappa shape index (κ3) is 4.50. The van der Waals surface area contributed by atoms with Crippen molar-refractivity contribution < 1.29 is 4.42 Å². The van der Waals surface area contributed by atoms with Crippen molar-refractivity contribution in [2.45, 2.75) is 0 Å². The quantitative estimate of drug-likeness (QED) is 0.174. The van der Waals surface area contributed by atoms with Gasteiger partial charge >= 0.3 is 0 Å². The Morgan fingerprint density at radius 3 is 2.00 bits per heavy atom. The summed E-state index contributed by atoms with van der Waals surface area (Å²) in [6.45, 7) is 0. The molecule has 0 atom stereocenters. The Kier molecular flexibility index (Phi) is 6.39. The first-order chi connectivity index (χ1) is 25.8. The third-order valence-corrected chi connectivity index (χ3v) is 11.2. The summed E-state index contributed by atoms with van der Waals surface area (Å²) in [5.74, 6) is 0.673. The van der Waals surface area contributed by atoms with Gasteiger partial charge in [0.1, 0.15) is 11.2 Å². The largest absolute Gasteiger partial charge is 0.456 e. The van der Waals surface area contributed by atoms with Gasteiger partial charge in [-0.2, -0.15) is 0 Å². The molecule has 0 N–H and O–H groups in total. The molecule has 11 aromatic rings. The van der Waals surface area contributed by atoms with Gasteiger partial charge in [0, 0.05) is 69.4 Å². The first-order valence-corrected chi connectivity index (χ1v) is 18.2. The normalized spacial score (nSPS) is 11.8. The monoisotopic (exact) mass is 681 g/mol. The standard InChI is InChI=1S/C47H27N3OS/c1-3-12-28(13-4-1)46-34-23-25-42-45(33-17-8-10-21-41(33)52-42)44(34)35-26-30(22-24-36(35)48-46)37-27-38(50-47(49-37)29-14-5-2-6-15-29)31-18-11-20-40-43(31)32-16-7-9-19-39(32)51-40/h1-27H. The van der Waals surface area contributed by atoms with E-state index in [1.807, 2.05) is 53.8 Å². The van der Waals surface area contributed by atoms with E-state index in [9.17, 15) is 0 Å². The van der Waals surface area contributed by atoms with Crippen LogP contribution in [0.15, 0.2) is 168 Å². The van der Waals surface area contributed by atoms with Crippen LogP contribution in [0.4, 0.5) is 0 Å². The Labute approximate surface area is 302 Å². The minimum absolute atomic E-state index is 0.673. The number of rotatable bonds is 4. The average Bonchev–Trinajstić information content (AvgIpc) is 3.79. The molecule has 4 nitrogen and oxygen atoms in total. The van der Waals surface area contributed by atoms with Gasteiger partial charge in [0.15, 0.2) is 5.82 Å². The number of pyridine rings is 1. The molecule has 0 bridgehead atoms. The molecule has 242 valence electrons. The second-order valence-corrected chi connectivity index (χ2v) is 14.2. The molecule has 7 aromatic carbocycles. The van der Waals surface area contributed by atoms with Crippen LogP contribution >= 0.6 is 11.3 Å². The van der Waals surface area contributed by atoms with Gasteiger partial charge in [-0.15, -0.1) is 11.3 Å². The molecule has 4 heterocycles. The van der Waals surface area contributed by atoms with E-state index in [0.29, 0.717) is 5.82 Å². The van der Waals surface area contributed by atoms with E-state index in [-0.39, 0.29) is 0 Å². The van der Waals surface area contributed by atoms with E-state index in [1.165, 1.54) is 25.6 Å². The number of nitrogens with zero attached hydrogens (tertiary/aromatic N) is 3. The van der Waals surface area contributed by atoms with Gasteiger partial charge in [0.2, 0.25) is 0 Å². The van der Waals surface area contributed by atoms with Gasteiger partial charge in [-0.05, 0) is 42.5 Å². The molecular weight excluding hydrogens is 655 g/mol. The first-order valence-electron chi connectivity index (χ1n) is 17.4. The van der Waals surface area contributed by atoms with E-state index in [4.69, 9.17) is 19.4 Å². The lowest BCUT2D eigenvalue weighted by molar-refractivity contribution is 0.669. The van der Waals surface area contributed by atoms with Crippen molar-refractivity contribution >= 4 is 75.1 Å². The van der Waals surface area contributed by atoms with Crippen molar-refractivity contribution in [3.63, 3.8) is 0 Å². The number of hydrogen-bond acceptors (Lipinski definition) is 5. The summed E-state index contributed by atoms with van der Waals surface area (Å²) in [4.78, 5) is 15.8. The second-order valence-electron chi connectivity index (χ2n) is 13.1. The second kappa shape index (κ2) is 11.4. The van der Waals surface area contributed by atoms with Crippen LogP contribution in [0, 0.1) is 0 Å². The Bertz CT molecular complexity index is 3180. The SMILES string of the molecule is c1ccc(-c2nc(-c3ccc4nc(-c5ccccc5)c5ccc6sc7ccccc7c6c5c4c3)cc(-c3cccc4oc5ccccc5c34)n2)cc1. The van der Waals surface area contributed by atoms with Gasteiger partial charge in [0.25, 0.3) is 0 Å². The summed E-state index contributed by atoms with van der Waals surface area (Å²) in [7, 11) is 0. The number of thiophene rings is 1. The molecule has 52 heavy (non-hydrogen) atoms. The van der Waals surface area contributed by atoms with Gasteiger partial charge in [-0.3, -0.25) is 0 Å². The van der Waals surface area contributed by atoms with Crippen LogP contribution in [0.3, 0.4) is 0 Å². The van der Waals surface area contributed by atoms with E-state index >= 15 is 0 Å². The topological polar surface area (TPSA) is 51.8 Å². The highest BCUT2D eigenvalue weighted by atomic mass is 32.1. The van der Waals surface area contributed by atoms with Crippen molar-refractivity contribution in [2.75, 3.05) is 0 Å². The Morgan fingerprint density at radius 1 is 0.404 bits per heavy atom. The Hall–Kier alpha value is -6.69. The maximum Gasteiger partial charge on any atom is 0.160 e. The number of benzene rings is 7. The summed E-state index contributed by atoms with van der Waals surface area (Å²) in [6, 6.07) is 57.1. The van der Waals surface area contributed by atoms with Gasteiger partial charge < -0.3 is 4.42 Å². The lowest BCUT2D eigenvalue weighted by Gasteiger charge is -2.14. The van der Waals surface area contributed by atoms with E-state index in [1.54, 1.807) is 0 Å². The molecule has 0 unspecified atom stereocenters. The number of fused-ring (bicyclic) bond motifs is 10. The molecule has 0 amide bonds. The highest BCUT2D eigenvalue weighted by Crippen LogP contribution is 2.44. The summed E-state index contributed by atoms with van der Waals surface area (Å²) in [5.41, 5.74) is 9.40. The number of hydrogen-bond donors (Lipinski definition) is 0. The molecule has 4 aromatic heterocycles. The molecule has 0 fully saturated rings. The van der Waals surface area contributed by atoms with E-state index in [0.717, 1.165) is 77.6 Å². The highest BCUT2D eigenvalue weighted by Gasteiger charge is 2.19. The fourth-order valence-electron chi connectivity index (χ4n) is 7.72. The molecule has 0 aliphatic carbocycles. The highest BCUT2D eigenvalue weighted by molar-refractivity contribution is 7.26. The predicted octanol–water partition coefficient (Wildman–Crippen LogP) is 13.1. The van der Waals surface area contributed by atoms with Crippen LogP contribution in [0.25, 0.3) is 109 Å². The van der Waals surface area contributed by atoms with Gasteiger partial charge in [0.05, 0.1) is 22.6 Å². The Balaban J connectivity index is 1.21. The molecular formula is C47H27N3OS. The van der Waals surface area contributed by atoms with Crippen LogP contribution in [-0.4, -0.2) is 15.0 Å². The van der Waals surface area contributed by atoms with Crippen molar-refractivity contribution in [3.05, 3.63) is 164 Å². The van der Waals surface area contributed by atoms with Crippen molar-refractivity contribution in [1.82, 2.24) is 15.0 Å². The maximum atomic E-state index is 6.28. The smallest absolute Gasteiger partial charge is 0.160 e. The summed E-state index contributed by atoms with van der Waals surface area (Å²) in [5, 5.41) is 8.11. The van der Waals surface area contributed by atoms with Crippen molar-refractivity contribution in [2.24, 2.45) is 0 Å². The fourth-order valence-corrected chi connectivity index (χ4v) is 8.83. The van der Waals surface area contributed by atoms with E-state index in [2.05, 4.69) is 121 Å². The number of furan rings is 1. The summed E-state index contributed by atoms with van der Waals surface area (Å²) >= 11 is 1.84. The molecule has 0 saturated carbocycles. The van der Waals surface area contributed by atoms with Crippen LogP contribution in [0.1, 0.15) is 0 Å². The molecule has 0 aliphatic heterocycles. The van der Waals surface area contributed by atoms with Crippen molar-refractivity contribution in [3.8, 4) is 45.2 Å². The number of aromatic nitrogens is 3. The zero-order valence-electron chi connectivity index (χ0n) is 27.7. The third-order valence-electron chi connectivity index (χ3n) is 10.1. The molecule has 0 aliphatic rings. The summed E-state index contributed by atoms with van der Waals surface area (Å²) in [6.07, 6.45) is 0. The number of para-hydroxylation sites is 1. The fraction of sp³-hybridized carbons (Fsp3) is 0. The van der Waals surface area contributed by atoms with Crippen LogP contribution in [-0.2, 0) is 0 Å². The lowest BCUT2D eigenvalue weighted by Crippen LogP contribution is -1.97. The van der Waals surface area contributed by atoms with Gasteiger partial charge in [-0.1, -0.05) is 121 Å². The zero-order valence-corrected chi connectivity index (χ0v) is 28.6. The minimum atomic E-state index is 0.673. The molecule has 11 rings (SSSR count). The zero-order chi connectivity index (χ0) is 34.2. The summed E-state index contributed by atoms with van der Waals surface area (Å²) < 4.78 is 8.83. The maximum absolute atomic E-state index is 6.28. The van der Waals surface area contributed by atoms with Gasteiger partial charge in [-0.25, -0.2) is 15.0 Å². The molecule has 5 heteroatoms. The van der Waals surface area contributed by atoms with Crippen LogP contribution in [0.5, 0.6) is 0 Å². The molecule has 0 radical (unpaired) electrons. The lowest BCUT2D eigenvalue weighted by atomic mass is 9.94. The first kappa shape index (κ1) is 29.1.